The van der Waals surface area contributed by atoms with Gasteiger partial charge in [-0.05, 0) is 50.8 Å². The molecule has 1 aliphatic heterocycles. The molecule has 1 aliphatic carbocycles. The van der Waals surface area contributed by atoms with Crippen LogP contribution in [0.3, 0.4) is 0 Å². The first-order chi connectivity index (χ1) is 19.2. The van der Waals surface area contributed by atoms with E-state index in [9.17, 15) is 9.90 Å². The molecule has 2 unspecified atom stereocenters. The first-order valence-corrected chi connectivity index (χ1v) is 13.4. The van der Waals surface area contributed by atoms with E-state index in [-0.39, 0.29) is 6.10 Å². The monoisotopic (exact) mass is 544 g/mol. The minimum atomic E-state index is -0.719. The van der Waals surface area contributed by atoms with Gasteiger partial charge in [0.25, 0.3) is 0 Å². The number of carbonyl (C=O) groups is 1. The van der Waals surface area contributed by atoms with Crippen molar-refractivity contribution in [1.82, 2.24) is 19.7 Å². The Labute approximate surface area is 231 Å². The molecular weight excluding hydrogens is 512 g/mol. The number of aliphatic hydroxyl groups is 1. The zero-order chi connectivity index (χ0) is 28.0. The van der Waals surface area contributed by atoms with Gasteiger partial charge in [0.2, 0.25) is 5.88 Å². The van der Waals surface area contributed by atoms with E-state index in [2.05, 4.69) is 10.1 Å². The minimum Gasteiger partial charge on any atom is -0.494 e. The molecule has 3 aromatic heterocycles. The molecule has 6 rings (SSSR count). The van der Waals surface area contributed by atoms with Gasteiger partial charge >= 0.3 is 6.09 Å². The van der Waals surface area contributed by atoms with Crippen LogP contribution in [0.5, 0.6) is 11.6 Å². The summed E-state index contributed by atoms with van der Waals surface area (Å²) in [5.74, 6) is 0.975. The lowest BCUT2D eigenvalue weighted by atomic mass is 9.99. The Balaban J connectivity index is 1.49. The van der Waals surface area contributed by atoms with Gasteiger partial charge in [0.15, 0.2) is 0 Å². The second kappa shape index (κ2) is 10.2. The van der Waals surface area contributed by atoms with E-state index >= 15 is 0 Å². The Hall–Kier alpha value is -4.02. The van der Waals surface area contributed by atoms with Gasteiger partial charge in [-0.25, -0.2) is 14.8 Å². The maximum atomic E-state index is 13.2. The zero-order valence-corrected chi connectivity index (χ0v) is 23.0. The van der Waals surface area contributed by atoms with Crippen molar-refractivity contribution in [3.63, 3.8) is 0 Å². The number of hydrogen-bond donors (Lipinski definition) is 1. The van der Waals surface area contributed by atoms with Crippen LogP contribution in [-0.4, -0.2) is 69.1 Å². The Bertz CT molecular complexity index is 1570. The number of fused-ring (bicyclic) bond motifs is 2. The largest absolute Gasteiger partial charge is 0.494 e. The number of carbonyl (C=O) groups excluding carboxylic acids is 1. The molecule has 10 nitrogen and oxygen atoms in total. The summed E-state index contributed by atoms with van der Waals surface area (Å²) in [6.07, 6.45) is 2.54. The second-order valence-corrected chi connectivity index (χ2v) is 11.1. The predicted octanol–water partition coefficient (Wildman–Crippen LogP) is 4.58. The minimum absolute atomic E-state index is 0.0200. The normalized spacial score (nSPS) is 18.6. The quantitative estimate of drug-likeness (QED) is 0.385. The number of aromatic nitrogens is 4. The molecule has 0 amide bonds. The smallest absolute Gasteiger partial charge is 0.435 e. The number of pyridine rings is 2. The molecule has 0 saturated carbocycles. The van der Waals surface area contributed by atoms with Crippen LogP contribution in [0.25, 0.3) is 33.5 Å². The van der Waals surface area contributed by atoms with Crippen LogP contribution in [-0.2, 0) is 22.3 Å². The first kappa shape index (κ1) is 26.2. The van der Waals surface area contributed by atoms with Gasteiger partial charge < -0.3 is 24.1 Å². The third-order valence-corrected chi connectivity index (χ3v) is 7.01. The molecule has 1 aromatic carbocycles. The van der Waals surface area contributed by atoms with Crippen molar-refractivity contribution in [3.05, 3.63) is 53.7 Å². The summed E-state index contributed by atoms with van der Waals surface area (Å²) in [5.41, 5.74) is 4.98. The van der Waals surface area contributed by atoms with E-state index in [1.807, 2.05) is 24.3 Å². The Morgan fingerprint density at radius 1 is 1.15 bits per heavy atom. The SMILES string of the molecule is COc1cc2c(nc1-c1cccc3c1CC(O)C3)c(-c1ccc(OC3CCOC3)nc1)nn2C(=O)OC(C)(C)C. The summed E-state index contributed by atoms with van der Waals surface area (Å²) in [7, 11) is 1.57. The van der Waals surface area contributed by atoms with E-state index in [4.69, 9.17) is 23.9 Å². The van der Waals surface area contributed by atoms with Crippen molar-refractivity contribution in [2.75, 3.05) is 20.3 Å². The number of hydrogen-bond acceptors (Lipinski definition) is 9. The van der Waals surface area contributed by atoms with Crippen molar-refractivity contribution < 1.29 is 28.8 Å². The molecule has 40 heavy (non-hydrogen) atoms. The Kier molecular flexibility index (Phi) is 6.67. The molecule has 1 N–H and O–H groups in total. The maximum absolute atomic E-state index is 13.2. The third kappa shape index (κ3) is 5.00. The van der Waals surface area contributed by atoms with Crippen molar-refractivity contribution in [2.45, 2.75) is 57.8 Å². The molecule has 0 spiro atoms. The fraction of sp³-hybridized carbons (Fsp3) is 0.400. The first-order valence-electron chi connectivity index (χ1n) is 13.4. The summed E-state index contributed by atoms with van der Waals surface area (Å²) in [5, 5.41) is 15.0. The van der Waals surface area contributed by atoms with Crippen molar-refractivity contribution >= 4 is 17.1 Å². The lowest BCUT2D eigenvalue weighted by Crippen LogP contribution is -2.27. The lowest BCUT2D eigenvalue weighted by molar-refractivity contribution is 0.0523. The average molecular weight is 545 g/mol. The predicted molar refractivity (Wildman–Crippen MR) is 148 cm³/mol. The fourth-order valence-corrected chi connectivity index (χ4v) is 5.23. The van der Waals surface area contributed by atoms with E-state index < -0.39 is 17.8 Å². The molecule has 2 aliphatic rings. The van der Waals surface area contributed by atoms with Crippen molar-refractivity contribution in [3.8, 4) is 34.1 Å². The molecule has 0 bridgehead atoms. The number of nitrogens with zero attached hydrogens (tertiary/aromatic N) is 4. The van der Waals surface area contributed by atoms with E-state index in [0.29, 0.717) is 65.7 Å². The standard InChI is InChI=1S/C30H32N4O6/c1-30(2,3)40-29(36)34-23-14-24(37-4)27(21-7-5-6-17-12-19(35)13-22(17)21)32-28(23)26(33-34)18-8-9-25(31-15-18)39-20-10-11-38-16-20/h5-9,14-15,19-20,35H,10-13,16H2,1-4H3. The molecule has 10 heteroatoms. The highest BCUT2D eigenvalue weighted by atomic mass is 16.6. The topological polar surface area (TPSA) is 118 Å². The summed E-state index contributed by atoms with van der Waals surface area (Å²) < 4.78 is 23.9. The van der Waals surface area contributed by atoms with Crippen LogP contribution in [0.2, 0.25) is 0 Å². The van der Waals surface area contributed by atoms with Crippen LogP contribution >= 0.6 is 0 Å². The lowest BCUT2D eigenvalue weighted by Gasteiger charge is -2.19. The summed E-state index contributed by atoms with van der Waals surface area (Å²) in [6, 6.07) is 11.4. The van der Waals surface area contributed by atoms with Gasteiger partial charge in [0.05, 0.1) is 26.4 Å². The van der Waals surface area contributed by atoms with E-state index in [0.717, 1.165) is 23.1 Å². The number of ether oxygens (including phenoxy) is 4. The second-order valence-electron chi connectivity index (χ2n) is 11.1. The maximum Gasteiger partial charge on any atom is 0.435 e. The highest BCUT2D eigenvalue weighted by Crippen LogP contribution is 2.39. The number of rotatable bonds is 5. The molecule has 1 saturated heterocycles. The van der Waals surface area contributed by atoms with Crippen LogP contribution in [0.4, 0.5) is 4.79 Å². The average Bonchev–Trinajstić information content (AvgIpc) is 3.65. The van der Waals surface area contributed by atoms with E-state index in [1.54, 1.807) is 46.2 Å². The molecule has 4 aromatic rings. The van der Waals surface area contributed by atoms with Gasteiger partial charge in [-0.3, -0.25) is 0 Å². The zero-order valence-electron chi connectivity index (χ0n) is 23.0. The van der Waals surface area contributed by atoms with Crippen molar-refractivity contribution in [2.24, 2.45) is 0 Å². The van der Waals surface area contributed by atoms with Crippen LogP contribution in [0, 0.1) is 0 Å². The van der Waals surface area contributed by atoms with Crippen LogP contribution < -0.4 is 9.47 Å². The molecule has 4 heterocycles. The van der Waals surface area contributed by atoms with Crippen molar-refractivity contribution in [1.29, 1.82) is 0 Å². The number of methoxy groups -OCH3 is 1. The molecule has 2 atom stereocenters. The number of aliphatic hydroxyl groups excluding tert-OH is 1. The van der Waals surface area contributed by atoms with Gasteiger partial charge in [0.1, 0.15) is 39.9 Å². The molecule has 208 valence electrons. The highest BCUT2D eigenvalue weighted by Gasteiger charge is 2.28. The van der Waals surface area contributed by atoms with Crippen LogP contribution in [0.15, 0.2) is 42.6 Å². The van der Waals surface area contributed by atoms with Gasteiger partial charge in [-0.15, -0.1) is 0 Å². The summed E-state index contributed by atoms with van der Waals surface area (Å²) in [4.78, 5) is 22.8. The van der Waals surface area contributed by atoms with Gasteiger partial charge in [0, 0.05) is 35.9 Å². The van der Waals surface area contributed by atoms with Gasteiger partial charge in [-0.1, -0.05) is 18.2 Å². The molecule has 0 radical (unpaired) electrons. The molecular formula is C30H32N4O6. The summed E-state index contributed by atoms with van der Waals surface area (Å²) in [6.45, 7) is 6.63. The summed E-state index contributed by atoms with van der Waals surface area (Å²) >= 11 is 0. The third-order valence-electron chi connectivity index (χ3n) is 7.01. The Morgan fingerprint density at radius 3 is 2.70 bits per heavy atom. The Morgan fingerprint density at radius 2 is 2.00 bits per heavy atom. The fourth-order valence-electron chi connectivity index (χ4n) is 5.23. The molecule has 1 fully saturated rings. The van der Waals surface area contributed by atoms with E-state index in [1.165, 1.54) is 4.68 Å². The highest BCUT2D eigenvalue weighted by molar-refractivity contribution is 5.97. The van der Waals surface area contributed by atoms with Crippen LogP contribution in [0.1, 0.15) is 38.3 Å². The number of benzene rings is 1. The van der Waals surface area contributed by atoms with Gasteiger partial charge in [-0.2, -0.15) is 9.78 Å².